The summed E-state index contributed by atoms with van der Waals surface area (Å²) in [4.78, 5) is 2.78. The van der Waals surface area contributed by atoms with Gasteiger partial charge in [-0.05, 0) is 49.8 Å². The van der Waals surface area contributed by atoms with E-state index in [-0.39, 0.29) is 0 Å². The number of nitrogens with zero attached hydrogens (tertiary/aromatic N) is 1. The van der Waals surface area contributed by atoms with Crippen LogP contribution in [0.5, 0.6) is 0 Å². The SMILES string of the molecule is CC(C)C1CCCN1C1CCc2ccccc2NC1. The lowest BCUT2D eigenvalue weighted by molar-refractivity contribution is 0.146. The topological polar surface area (TPSA) is 15.3 Å². The summed E-state index contributed by atoms with van der Waals surface area (Å²) in [6.45, 7) is 7.16. The van der Waals surface area contributed by atoms with Gasteiger partial charge in [0.15, 0.2) is 0 Å². The number of nitrogens with one attached hydrogen (secondary N) is 1. The summed E-state index contributed by atoms with van der Waals surface area (Å²) in [5, 5.41) is 3.67. The number of rotatable bonds is 2. The number of aryl methyl sites for hydroxylation is 1. The van der Waals surface area contributed by atoms with E-state index in [0.29, 0.717) is 6.04 Å². The van der Waals surface area contributed by atoms with Crippen LogP contribution in [0.4, 0.5) is 5.69 Å². The molecular weight excluding hydrogens is 232 g/mol. The minimum absolute atomic E-state index is 0.710. The van der Waals surface area contributed by atoms with Gasteiger partial charge in [0.25, 0.3) is 0 Å². The molecule has 2 nitrogen and oxygen atoms in total. The predicted molar refractivity (Wildman–Crippen MR) is 81.6 cm³/mol. The van der Waals surface area contributed by atoms with Crippen molar-refractivity contribution in [1.29, 1.82) is 0 Å². The average molecular weight is 258 g/mol. The first-order chi connectivity index (χ1) is 9.25. The molecule has 1 N–H and O–H groups in total. The third-order valence-electron chi connectivity index (χ3n) is 4.87. The highest BCUT2D eigenvalue weighted by Gasteiger charge is 2.32. The summed E-state index contributed by atoms with van der Waals surface area (Å²) < 4.78 is 0. The fourth-order valence-corrected chi connectivity index (χ4v) is 3.83. The lowest BCUT2D eigenvalue weighted by Gasteiger charge is -2.34. The van der Waals surface area contributed by atoms with Crippen molar-refractivity contribution in [3.05, 3.63) is 29.8 Å². The normalized spacial score (nSPS) is 27.9. The van der Waals surface area contributed by atoms with Gasteiger partial charge in [-0.15, -0.1) is 0 Å². The second-order valence-electron chi connectivity index (χ2n) is 6.42. The van der Waals surface area contributed by atoms with Crippen LogP contribution in [0, 0.1) is 5.92 Å². The maximum atomic E-state index is 3.67. The highest BCUT2D eigenvalue weighted by Crippen LogP contribution is 2.30. The zero-order chi connectivity index (χ0) is 13.2. The van der Waals surface area contributed by atoms with Crippen LogP contribution in [0.3, 0.4) is 0 Å². The smallest absolute Gasteiger partial charge is 0.0373 e. The van der Waals surface area contributed by atoms with E-state index < -0.39 is 0 Å². The first-order valence-corrected chi connectivity index (χ1v) is 7.83. The monoisotopic (exact) mass is 258 g/mol. The summed E-state index contributed by atoms with van der Waals surface area (Å²) in [5.74, 6) is 0.785. The molecule has 0 saturated carbocycles. The van der Waals surface area contributed by atoms with Gasteiger partial charge >= 0.3 is 0 Å². The van der Waals surface area contributed by atoms with E-state index >= 15 is 0 Å². The molecule has 2 aliphatic rings. The van der Waals surface area contributed by atoms with Crippen molar-refractivity contribution in [3.8, 4) is 0 Å². The Hall–Kier alpha value is -1.02. The Morgan fingerprint density at radius 3 is 2.89 bits per heavy atom. The van der Waals surface area contributed by atoms with Gasteiger partial charge in [-0.25, -0.2) is 0 Å². The minimum atomic E-state index is 0.710. The van der Waals surface area contributed by atoms with Crippen molar-refractivity contribution >= 4 is 5.69 Å². The molecule has 0 aromatic heterocycles. The quantitative estimate of drug-likeness (QED) is 0.873. The number of fused-ring (bicyclic) bond motifs is 1. The molecule has 0 bridgehead atoms. The zero-order valence-electron chi connectivity index (χ0n) is 12.2. The van der Waals surface area contributed by atoms with Gasteiger partial charge in [0.2, 0.25) is 0 Å². The van der Waals surface area contributed by atoms with Crippen LogP contribution in [-0.2, 0) is 6.42 Å². The van der Waals surface area contributed by atoms with Crippen LogP contribution < -0.4 is 5.32 Å². The summed E-state index contributed by atoms with van der Waals surface area (Å²) >= 11 is 0. The standard InChI is InChI=1S/C17H26N2/c1-13(2)17-8-5-11-19(17)15-10-9-14-6-3-4-7-16(14)18-12-15/h3-4,6-7,13,15,17-18H,5,8-12H2,1-2H3. The van der Waals surface area contributed by atoms with Gasteiger partial charge in [0, 0.05) is 24.3 Å². The first kappa shape index (κ1) is 13.0. The number of likely N-dealkylation sites (tertiary alicyclic amines) is 1. The number of hydrogen-bond donors (Lipinski definition) is 1. The van der Waals surface area contributed by atoms with E-state index in [1.54, 1.807) is 0 Å². The summed E-state index contributed by atoms with van der Waals surface area (Å²) in [6, 6.07) is 10.3. The second kappa shape index (κ2) is 5.54. The van der Waals surface area contributed by atoms with Gasteiger partial charge < -0.3 is 5.32 Å². The molecule has 1 fully saturated rings. The van der Waals surface area contributed by atoms with Crippen LogP contribution in [0.1, 0.15) is 38.7 Å². The Kier molecular flexibility index (Phi) is 3.79. The fourth-order valence-electron chi connectivity index (χ4n) is 3.83. The van der Waals surface area contributed by atoms with Crippen molar-refractivity contribution in [2.24, 2.45) is 5.92 Å². The third kappa shape index (κ3) is 2.64. The number of hydrogen-bond acceptors (Lipinski definition) is 2. The molecule has 2 aliphatic heterocycles. The Bertz CT molecular complexity index is 400. The van der Waals surface area contributed by atoms with Crippen LogP contribution >= 0.6 is 0 Å². The molecule has 3 rings (SSSR count). The van der Waals surface area contributed by atoms with Crippen molar-refractivity contribution < 1.29 is 0 Å². The van der Waals surface area contributed by atoms with Crippen molar-refractivity contribution in [2.75, 3.05) is 18.4 Å². The summed E-state index contributed by atoms with van der Waals surface area (Å²) in [6.07, 6.45) is 5.29. The van der Waals surface area contributed by atoms with E-state index in [0.717, 1.165) is 18.5 Å². The van der Waals surface area contributed by atoms with E-state index in [1.165, 1.54) is 43.5 Å². The van der Waals surface area contributed by atoms with Crippen molar-refractivity contribution in [3.63, 3.8) is 0 Å². The summed E-state index contributed by atoms with van der Waals surface area (Å²) in [7, 11) is 0. The molecule has 1 aromatic carbocycles. The van der Waals surface area contributed by atoms with Crippen molar-refractivity contribution in [2.45, 2.75) is 51.6 Å². The molecule has 2 heteroatoms. The van der Waals surface area contributed by atoms with Gasteiger partial charge in [-0.3, -0.25) is 4.90 Å². The third-order valence-corrected chi connectivity index (χ3v) is 4.87. The fraction of sp³-hybridized carbons (Fsp3) is 0.647. The molecule has 0 spiro atoms. The molecule has 2 heterocycles. The largest absolute Gasteiger partial charge is 0.383 e. The predicted octanol–water partition coefficient (Wildman–Crippen LogP) is 3.53. The van der Waals surface area contributed by atoms with Crippen LogP contribution in [0.2, 0.25) is 0 Å². The molecule has 19 heavy (non-hydrogen) atoms. The van der Waals surface area contributed by atoms with Crippen LogP contribution in [0.25, 0.3) is 0 Å². The molecule has 0 radical (unpaired) electrons. The lowest BCUT2D eigenvalue weighted by Crippen LogP contribution is -2.44. The van der Waals surface area contributed by atoms with Gasteiger partial charge in [-0.1, -0.05) is 32.0 Å². The number of para-hydroxylation sites is 1. The van der Waals surface area contributed by atoms with E-state index in [1.807, 2.05) is 0 Å². The minimum Gasteiger partial charge on any atom is -0.383 e. The van der Waals surface area contributed by atoms with E-state index in [9.17, 15) is 0 Å². The molecule has 1 saturated heterocycles. The Labute approximate surface area is 117 Å². The molecule has 0 amide bonds. The highest BCUT2D eigenvalue weighted by atomic mass is 15.2. The number of benzene rings is 1. The number of anilines is 1. The molecule has 0 aliphatic carbocycles. The maximum absolute atomic E-state index is 3.67. The van der Waals surface area contributed by atoms with Crippen molar-refractivity contribution in [1.82, 2.24) is 4.90 Å². The molecule has 2 unspecified atom stereocenters. The Morgan fingerprint density at radius 1 is 1.21 bits per heavy atom. The second-order valence-corrected chi connectivity index (χ2v) is 6.42. The average Bonchev–Trinajstić information content (AvgIpc) is 2.80. The summed E-state index contributed by atoms with van der Waals surface area (Å²) in [5.41, 5.74) is 2.84. The van der Waals surface area contributed by atoms with Gasteiger partial charge in [-0.2, -0.15) is 0 Å². The van der Waals surface area contributed by atoms with Gasteiger partial charge in [0.05, 0.1) is 0 Å². The van der Waals surface area contributed by atoms with E-state index in [2.05, 4.69) is 48.3 Å². The van der Waals surface area contributed by atoms with Gasteiger partial charge in [0.1, 0.15) is 0 Å². The zero-order valence-corrected chi connectivity index (χ0v) is 12.2. The molecule has 1 aromatic rings. The maximum Gasteiger partial charge on any atom is 0.0373 e. The molecule has 104 valence electrons. The van der Waals surface area contributed by atoms with E-state index in [4.69, 9.17) is 0 Å². The molecule has 2 atom stereocenters. The first-order valence-electron chi connectivity index (χ1n) is 7.83. The Morgan fingerprint density at radius 2 is 2.05 bits per heavy atom. The molecular formula is C17H26N2. The van der Waals surface area contributed by atoms with Crippen LogP contribution in [0.15, 0.2) is 24.3 Å². The lowest BCUT2D eigenvalue weighted by atomic mass is 9.99. The highest BCUT2D eigenvalue weighted by molar-refractivity contribution is 5.52. The van der Waals surface area contributed by atoms with Crippen LogP contribution in [-0.4, -0.2) is 30.1 Å². The Balaban J connectivity index is 1.71.